The van der Waals surface area contributed by atoms with Crippen LogP contribution in [0.1, 0.15) is 29.3 Å². The van der Waals surface area contributed by atoms with Crippen LogP contribution in [0.2, 0.25) is 0 Å². The van der Waals surface area contributed by atoms with E-state index in [1.54, 1.807) is 0 Å². The van der Waals surface area contributed by atoms with Gasteiger partial charge in [0.05, 0.1) is 22.7 Å². The molecule has 1 aliphatic rings. The number of likely N-dealkylation sites (tertiary alicyclic amines) is 1. The van der Waals surface area contributed by atoms with Crippen molar-refractivity contribution < 1.29 is 0 Å². The van der Waals surface area contributed by atoms with E-state index < -0.39 is 0 Å². The molecule has 0 amide bonds. The molecule has 0 spiro atoms. The largest absolute Gasteiger partial charge is 0.342 e. The number of fused-ring (bicyclic) bond motifs is 1. The van der Waals surface area contributed by atoms with E-state index in [9.17, 15) is 0 Å². The lowest BCUT2D eigenvalue weighted by Crippen LogP contribution is -2.19. The SMILES string of the molecule is N#Cc1ccc2nc(C3CCN(Cc4ccccc4)C3)[nH]c2c1. The molecule has 0 radical (unpaired) electrons. The fourth-order valence-electron chi connectivity index (χ4n) is 3.33. The maximum Gasteiger partial charge on any atom is 0.111 e. The highest BCUT2D eigenvalue weighted by Gasteiger charge is 2.26. The van der Waals surface area contributed by atoms with Gasteiger partial charge in [-0.1, -0.05) is 30.3 Å². The summed E-state index contributed by atoms with van der Waals surface area (Å²) in [7, 11) is 0. The number of nitrogens with one attached hydrogen (secondary N) is 1. The number of benzene rings is 2. The van der Waals surface area contributed by atoms with Gasteiger partial charge in [-0.15, -0.1) is 0 Å². The van der Waals surface area contributed by atoms with Crippen LogP contribution in [-0.4, -0.2) is 28.0 Å². The van der Waals surface area contributed by atoms with Crippen molar-refractivity contribution in [3.63, 3.8) is 0 Å². The third-order valence-electron chi connectivity index (χ3n) is 4.54. The average molecular weight is 302 g/mol. The molecule has 4 heteroatoms. The molecule has 4 rings (SSSR count). The summed E-state index contributed by atoms with van der Waals surface area (Å²) in [5.74, 6) is 1.49. The van der Waals surface area contributed by atoms with Gasteiger partial charge < -0.3 is 4.98 Å². The molecule has 1 N–H and O–H groups in total. The Labute approximate surface area is 135 Å². The molecule has 2 aromatic carbocycles. The van der Waals surface area contributed by atoms with Crippen LogP contribution in [0.5, 0.6) is 0 Å². The van der Waals surface area contributed by atoms with Gasteiger partial charge in [0.25, 0.3) is 0 Å². The van der Waals surface area contributed by atoms with Crippen LogP contribution in [-0.2, 0) is 6.54 Å². The standard InChI is InChI=1S/C19H18N4/c20-11-15-6-7-17-18(10-15)22-19(21-17)16-8-9-23(13-16)12-14-4-2-1-3-5-14/h1-7,10,16H,8-9,12-13H2,(H,21,22). The Morgan fingerprint density at radius 3 is 2.91 bits per heavy atom. The van der Waals surface area contributed by atoms with Crippen LogP contribution in [0.4, 0.5) is 0 Å². The van der Waals surface area contributed by atoms with E-state index in [2.05, 4.69) is 46.3 Å². The monoisotopic (exact) mass is 302 g/mol. The molecule has 1 fully saturated rings. The number of rotatable bonds is 3. The average Bonchev–Trinajstić information content (AvgIpc) is 3.21. The topological polar surface area (TPSA) is 55.7 Å². The van der Waals surface area contributed by atoms with E-state index in [1.165, 1.54) is 5.56 Å². The number of hydrogen-bond acceptors (Lipinski definition) is 3. The van der Waals surface area contributed by atoms with E-state index in [0.717, 1.165) is 42.9 Å². The summed E-state index contributed by atoms with van der Waals surface area (Å²) in [6.07, 6.45) is 1.12. The molecule has 1 atom stereocenters. The minimum atomic E-state index is 0.441. The number of nitrogens with zero attached hydrogens (tertiary/aromatic N) is 3. The van der Waals surface area contributed by atoms with E-state index in [0.29, 0.717) is 11.5 Å². The minimum absolute atomic E-state index is 0.441. The zero-order valence-corrected chi connectivity index (χ0v) is 12.9. The first-order chi connectivity index (χ1) is 11.3. The molecule has 1 saturated heterocycles. The summed E-state index contributed by atoms with van der Waals surface area (Å²) >= 11 is 0. The summed E-state index contributed by atoms with van der Waals surface area (Å²) in [4.78, 5) is 10.6. The van der Waals surface area contributed by atoms with Gasteiger partial charge in [0, 0.05) is 19.0 Å². The molecule has 1 aromatic heterocycles. The number of nitriles is 1. The lowest BCUT2D eigenvalue weighted by Gasteiger charge is -2.15. The molecular weight excluding hydrogens is 284 g/mol. The van der Waals surface area contributed by atoms with Gasteiger partial charge in [-0.3, -0.25) is 4.90 Å². The highest BCUT2D eigenvalue weighted by atomic mass is 15.2. The molecule has 2 heterocycles. The van der Waals surface area contributed by atoms with E-state index in [1.807, 2.05) is 18.2 Å². The predicted molar refractivity (Wildman–Crippen MR) is 89.9 cm³/mol. The lowest BCUT2D eigenvalue weighted by molar-refractivity contribution is 0.326. The molecule has 3 aromatic rings. The fourth-order valence-corrected chi connectivity index (χ4v) is 3.33. The molecule has 0 saturated carbocycles. The maximum absolute atomic E-state index is 9.00. The van der Waals surface area contributed by atoms with Crippen molar-refractivity contribution in [3.8, 4) is 6.07 Å². The summed E-state index contributed by atoms with van der Waals surface area (Å²) < 4.78 is 0. The fraction of sp³-hybridized carbons (Fsp3) is 0.263. The molecule has 4 nitrogen and oxygen atoms in total. The van der Waals surface area contributed by atoms with Gasteiger partial charge in [0.1, 0.15) is 5.82 Å². The van der Waals surface area contributed by atoms with Crippen LogP contribution in [0.3, 0.4) is 0 Å². The quantitative estimate of drug-likeness (QED) is 0.806. The van der Waals surface area contributed by atoms with Crippen molar-refractivity contribution in [2.45, 2.75) is 18.9 Å². The molecule has 0 aliphatic carbocycles. The molecule has 1 aliphatic heterocycles. The first-order valence-electron chi connectivity index (χ1n) is 7.98. The van der Waals surface area contributed by atoms with Gasteiger partial charge in [0.2, 0.25) is 0 Å². The Morgan fingerprint density at radius 1 is 1.22 bits per heavy atom. The number of aromatic amines is 1. The van der Waals surface area contributed by atoms with E-state index >= 15 is 0 Å². The van der Waals surface area contributed by atoms with Crippen molar-refractivity contribution >= 4 is 11.0 Å². The van der Waals surface area contributed by atoms with Gasteiger partial charge >= 0.3 is 0 Å². The summed E-state index contributed by atoms with van der Waals surface area (Å²) in [5.41, 5.74) is 3.93. The van der Waals surface area contributed by atoms with Gasteiger partial charge in [-0.05, 0) is 36.7 Å². The maximum atomic E-state index is 9.00. The third-order valence-corrected chi connectivity index (χ3v) is 4.54. The Bertz CT molecular complexity index is 860. The third kappa shape index (κ3) is 2.84. The second-order valence-corrected chi connectivity index (χ2v) is 6.17. The molecule has 1 unspecified atom stereocenters. The summed E-state index contributed by atoms with van der Waals surface area (Å²) in [6, 6.07) is 18.4. The first kappa shape index (κ1) is 14.0. The van der Waals surface area contributed by atoms with E-state index in [4.69, 9.17) is 10.2 Å². The van der Waals surface area contributed by atoms with Crippen LogP contribution >= 0.6 is 0 Å². The van der Waals surface area contributed by atoms with Crippen LogP contribution in [0.25, 0.3) is 11.0 Å². The van der Waals surface area contributed by atoms with E-state index in [-0.39, 0.29) is 0 Å². The second kappa shape index (κ2) is 5.86. The minimum Gasteiger partial charge on any atom is -0.342 e. The Balaban J connectivity index is 1.50. The predicted octanol–water partition coefficient (Wildman–Crippen LogP) is 3.42. The highest BCUT2D eigenvalue weighted by Crippen LogP contribution is 2.28. The smallest absolute Gasteiger partial charge is 0.111 e. The van der Waals surface area contributed by atoms with Crippen LogP contribution < -0.4 is 0 Å². The molecule has 0 bridgehead atoms. The summed E-state index contributed by atoms with van der Waals surface area (Å²) in [6.45, 7) is 3.12. The van der Waals surface area contributed by atoms with Gasteiger partial charge in [-0.25, -0.2) is 4.98 Å². The Kier molecular flexibility index (Phi) is 3.57. The Morgan fingerprint density at radius 2 is 2.09 bits per heavy atom. The van der Waals surface area contributed by atoms with Crippen molar-refractivity contribution in [2.24, 2.45) is 0 Å². The second-order valence-electron chi connectivity index (χ2n) is 6.17. The Hall–Kier alpha value is -2.64. The zero-order chi connectivity index (χ0) is 15.6. The number of H-pyrrole nitrogens is 1. The first-order valence-corrected chi connectivity index (χ1v) is 7.98. The van der Waals surface area contributed by atoms with Crippen LogP contribution in [0, 0.1) is 11.3 Å². The van der Waals surface area contributed by atoms with Gasteiger partial charge in [0.15, 0.2) is 0 Å². The van der Waals surface area contributed by atoms with Crippen molar-refractivity contribution in [3.05, 3.63) is 65.5 Å². The summed E-state index contributed by atoms with van der Waals surface area (Å²) in [5, 5.41) is 9.00. The van der Waals surface area contributed by atoms with Crippen molar-refractivity contribution in [1.29, 1.82) is 5.26 Å². The van der Waals surface area contributed by atoms with Crippen molar-refractivity contribution in [1.82, 2.24) is 14.9 Å². The molecular formula is C19H18N4. The molecule has 114 valence electrons. The van der Waals surface area contributed by atoms with Crippen molar-refractivity contribution in [2.75, 3.05) is 13.1 Å². The number of hydrogen-bond donors (Lipinski definition) is 1. The lowest BCUT2D eigenvalue weighted by atomic mass is 10.1. The van der Waals surface area contributed by atoms with Crippen LogP contribution in [0.15, 0.2) is 48.5 Å². The number of imidazole rings is 1. The normalized spacial score (nSPS) is 18.3. The zero-order valence-electron chi connectivity index (χ0n) is 12.9. The number of aromatic nitrogens is 2. The van der Waals surface area contributed by atoms with Gasteiger partial charge in [-0.2, -0.15) is 5.26 Å². The molecule has 23 heavy (non-hydrogen) atoms. The highest BCUT2D eigenvalue weighted by molar-refractivity contribution is 5.76.